The quantitative estimate of drug-likeness (QED) is 0.811. The van der Waals surface area contributed by atoms with Gasteiger partial charge in [-0.25, -0.2) is 0 Å². The maximum absolute atomic E-state index is 12.5. The van der Waals surface area contributed by atoms with Crippen molar-refractivity contribution in [2.24, 2.45) is 5.92 Å². The molecule has 1 aliphatic carbocycles. The number of rotatable bonds is 5. The van der Waals surface area contributed by atoms with Gasteiger partial charge in [-0.3, -0.25) is 4.79 Å². The topological polar surface area (TPSA) is 44.9 Å². The van der Waals surface area contributed by atoms with Gasteiger partial charge >= 0.3 is 0 Å². The molecule has 1 heterocycles. The predicted molar refractivity (Wildman–Crippen MR) is 96.2 cm³/mol. The van der Waals surface area contributed by atoms with E-state index in [0.29, 0.717) is 12.1 Å². The number of fused-ring (bicyclic) bond motifs is 3. The zero-order valence-corrected chi connectivity index (χ0v) is 14.7. The minimum Gasteiger partial charge on any atom is -0.358 e. The van der Waals surface area contributed by atoms with Crippen molar-refractivity contribution in [3.63, 3.8) is 0 Å². The third kappa shape index (κ3) is 3.20. The Morgan fingerprint density at radius 1 is 1.35 bits per heavy atom. The van der Waals surface area contributed by atoms with E-state index >= 15 is 0 Å². The molecule has 1 aromatic carbocycles. The Kier molecular flexibility index (Phi) is 4.58. The van der Waals surface area contributed by atoms with E-state index in [9.17, 15) is 4.79 Å². The summed E-state index contributed by atoms with van der Waals surface area (Å²) in [6.45, 7) is 8.49. The summed E-state index contributed by atoms with van der Waals surface area (Å²) in [5.74, 6) is 0.356. The first-order chi connectivity index (χ1) is 11.0. The molecule has 1 aromatic heterocycles. The molecule has 2 N–H and O–H groups in total. The number of carbonyl (C=O) groups is 1. The summed E-state index contributed by atoms with van der Waals surface area (Å²) >= 11 is 0. The minimum absolute atomic E-state index is 0.0950. The second kappa shape index (κ2) is 6.48. The molecule has 0 saturated carbocycles. The highest BCUT2D eigenvalue weighted by molar-refractivity contribution is 6.01. The lowest BCUT2D eigenvalue weighted by atomic mass is 9.90. The SMILES string of the molecule is CCC(C)C(=O)c1ccc2[nH]c3c(c2c1)CC(NC(C)C)CC3. The number of ketones is 1. The van der Waals surface area contributed by atoms with Crippen molar-refractivity contribution in [3.8, 4) is 0 Å². The molecule has 2 atom stereocenters. The molecule has 0 amide bonds. The van der Waals surface area contributed by atoms with E-state index in [1.807, 2.05) is 13.0 Å². The van der Waals surface area contributed by atoms with Crippen molar-refractivity contribution in [2.45, 2.75) is 65.5 Å². The predicted octanol–water partition coefficient (Wildman–Crippen LogP) is 4.25. The van der Waals surface area contributed by atoms with E-state index in [1.54, 1.807) is 0 Å². The Bertz CT molecular complexity index is 714. The van der Waals surface area contributed by atoms with E-state index in [-0.39, 0.29) is 11.7 Å². The molecule has 0 spiro atoms. The fourth-order valence-electron chi connectivity index (χ4n) is 3.65. The summed E-state index contributed by atoms with van der Waals surface area (Å²) in [7, 11) is 0. The number of benzene rings is 1. The molecule has 0 bridgehead atoms. The summed E-state index contributed by atoms with van der Waals surface area (Å²) in [6.07, 6.45) is 4.21. The molecule has 2 aromatic rings. The first-order valence-electron chi connectivity index (χ1n) is 8.93. The van der Waals surface area contributed by atoms with Crippen LogP contribution in [0.15, 0.2) is 18.2 Å². The standard InChI is InChI=1S/C20H28N2O/c1-5-13(4)20(23)14-6-8-18-16(10-14)17-11-15(21-12(2)3)7-9-19(17)22-18/h6,8,10,12-13,15,21-22H,5,7,9,11H2,1-4H3. The molecule has 0 radical (unpaired) electrons. The number of aromatic nitrogens is 1. The van der Waals surface area contributed by atoms with Crippen LogP contribution in [-0.2, 0) is 12.8 Å². The largest absolute Gasteiger partial charge is 0.358 e. The van der Waals surface area contributed by atoms with Gasteiger partial charge in [0.2, 0.25) is 0 Å². The van der Waals surface area contributed by atoms with E-state index < -0.39 is 0 Å². The van der Waals surface area contributed by atoms with Crippen LogP contribution in [-0.4, -0.2) is 22.9 Å². The molecule has 2 unspecified atom stereocenters. The maximum atomic E-state index is 12.5. The van der Waals surface area contributed by atoms with Gasteiger partial charge in [0.15, 0.2) is 5.78 Å². The number of aromatic amines is 1. The first-order valence-corrected chi connectivity index (χ1v) is 8.93. The summed E-state index contributed by atoms with van der Waals surface area (Å²) in [5.41, 5.74) is 4.78. The van der Waals surface area contributed by atoms with Crippen LogP contribution in [0.3, 0.4) is 0 Å². The van der Waals surface area contributed by atoms with Gasteiger partial charge in [-0.15, -0.1) is 0 Å². The molecule has 124 valence electrons. The van der Waals surface area contributed by atoms with Crippen LogP contribution in [0, 0.1) is 5.92 Å². The number of Topliss-reactive ketones (excluding diaryl/α,β-unsaturated/α-hetero) is 1. The highest BCUT2D eigenvalue weighted by atomic mass is 16.1. The van der Waals surface area contributed by atoms with Gasteiger partial charge in [-0.1, -0.05) is 27.7 Å². The fraction of sp³-hybridized carbons (Fsp3) is 0.550. The van der Waals surface area contributed by atoms with Gasteiger partial charge in [0.25, 0.3) is 0 Å². The Morgan fingerprint density at radius 2 is 2.13 bits per heavy atom. The molecular weight excluding hydrogens is 284 g/mol. The van der Waals surface area contributed by atoms with E-state index in [1.165, 1.54) is 28.6 Å². The second-order valence-corrected chi connectivity index (χ2v) is 7.28. The van der Waals surface area contributed by atoms with E-state index in [0.717, 1.165) is 24.8 Å². The van der Waals surface area contributed by atoms with E-state index in [2.05, 4.69) is 43.2 Å². The van der Waals surface area contributed by atoms with Gasteiger partial charge in [-0.2, -0.15) is 0 Å². The van der Waals surface area contributed by atoms with Crippen LogP contribution >= 0.6 is 0 Å². The minimum atomic E-state index is 0.0950. The van der Waals surface area contributed by atoms with Crippen molar-refractivity contribution in [2.75, 3.05) is 0 Å². The van der Waals surface area contributed by atoms with Gasteiger partial charge in [0, 0.05) is 40.2 Å². The summed E-state index contributed by atoms with van der Waals surface area (Å²) < 4.78 is 0. The number of nitrogens with one attached hydrogen (secondary N) is 2. The highest BCUT2D eigenvalue weighted by Gasteiger charge is 2.23. The van der Waals surface area contributed by atoms with Crippen molar-refractivity contribution in [3.05, 3.63) is 35.0 Å². The number of hydrogen-bond acceptors (Lipinski definition) is 2. The average Bonchev–Trinajstić information content (AvgIpc) is 2.90. The van der Waals surface area contributed by atoms with Crippen molar-refractivity contribution in [1.29, 1.82) is 0 Å². The lowest BCUT2D eigenvalue weighted by molar-refractivity contribution is 0.0927. The van der Waals surface area contributed by atoms with Gasteiger partial charge in [0.05, 0.1) is 0 Å². The van der Waals surface area contributed by atoms with Gasteiger partial charge in [-0.05, 0) is 49.4 Å². The molecule has 3 rings (SSSR count). The number of H-pyrrole nitrogens is 1. The average molecular weight is 312 g/mol. The second-order valence-electron chi connectivity index (χ2n) is 7.28. The number of aryl methyl sites for hydroxylation is 1. The van der Waals surface area contributed by atoms with Gasteiger partial charge < -0.3 is 10.3 Å². The van der Waals surface area contributed by atoms with Crippen molar-refractivity contribution >= 4 is 16.7 Å². The number of carbonyl (C=O) groups excluding carboxylic acids is 1. The third-order valence-electron chi connectivity index (χ3n) is 5.10. The molecule has 3 heteroatoms. The zero-order chi connectivity index (χ0) is 16.6. The maximum Gasteiger partial charge on any atom is 0.165 e. The summed E-state index contributed by atoms with van der Waals surface area (Å²) in [6, 6.07) is 7.21. The van der Waals surface area contributed by atoms with Gasteiger partial charge in [0.1, 0.15) is 0 Å². The zero-order valence-electron chi connectivity index (χ0n) is 14.7. The lowest BCUT2D eigenvalue weighted by Crippen LogP contribution is -2.38. The Balaban J connectivity index is 1.95. The van der Waals surface area contributed by atoms with Crippen molar-refractivity contribution < 1.29 is 4.79 Å². The van der Waals surface area contributed by atoms with Crippen LogP contribution in [0.25, 0.3) is 10.9 Å². The van der Waals surface area contributed by atoms with Crippen LogP contribution in [0.4, 0.5) is 0 Å². The highest BCUT2D eigenvalue weighted by Crippen LogP contribution is 2.30. The molecular formula is C20H28N2O. The van der Waals surface area contributed by atoms with Crippen molar-refractivity contribution in [1.82, 2.24) is 10.3 Å². The van der Waals surface area contributed by atoms with Crippen LogP contribution in [0.5, 0.6) is 0 Å². The Labute approximate surface area is 138 Å². The third-order valence-corrected chi connectivity index (χ3v) is 5.10. The smallest absolute Gasteiger partial charge is 0.165 e. The summed E-state index contributed by atoms with van der Waals surface area (Å²) in [4.78, 5) is 16.1. The normalized spacial score (nSPS) is 19.1. The Hall–Kier alpha value is -1.61. The van der Waals surface area contributed by atoms with E-state index in [4.69, 9.17) is 0 Å². The number of hydrogen-bond donors (Lipinski definition) is 2. The summed E-state index contributed by atoms with van der Waals surface area (Å²) in [5, 5.41) is 4.90. The lowest BCUT2D eigenvalue weighted by Gasteiger charge is -2.25. The monoisotopic (exact) mass is 312 g/mol. The van der Waals surface area contributed by atoms with Crippen LogP contribution in [0.1, 0.15) is 62.2 Å². The first kappa shape index (κ1) is 16.3. The molecule has 0 saturated heterocycles. The molecule has 23 heavy (non-hydrogen) atoms. The molecule has 0 aliphatic heterocycles. The van der Waals surface area contributed by atoms with Crippen LogP contribution < -0.4 is 5.32 Å². The molecule has 0 fully saturated rings. The van der Waals surface area contributed by atoms with Crippen LogP contribution in [0.2, 0.25) is 0 Å². The molecule has 3 nitrogen and oxygen atoms in total. The Morgan fingerprint density at radius 3 is 2.83 bits per heavy atom. The molecule has 1 aliphatic rings. The fourth-order valence-corrected chi connectivity index (χ4v) is 3.65.